The topological polar surface area (TPSA) is 53.1 Å². The maximum Gasteiger partial charge on any atom is 0.142 e. The Morgan fingerprint density at radius 2 is 2.33 bits per heavy atom. The first-order chi connectivity index (χ1) is 5.61. The molecule has 0 spiro atoms. The highest BCUT2D eigenvalue weighted by Crippen LogP contribution is 2.20. The molecule has 1 heterocycles. The van der Waals surface area contributed by atoms with Crippen molar-refractivity contribution in [2.75, 3.05) is 0 Å². The molecule has 0 aromatic carbocycles. The molecule has 0 saturated heterocycles. The second-order valence-corrected chi connectivity index (χ2v) is 3.17. The standard InChI is InChI=1S/C8H15N3O/c1-4-11-6-5-10-7(11)8(2,3)12-9/h5-6H,4,9H2,1-3H3. The molecule has 0 radical (unpaired) electrons. The van der Waals surface area contributed by atoms with Crippen molar-refractivity contribution in [3.8, 4) is 0 Å². The molecule has 0 bridgehead atoms. The van der Waals surface area contributed by atoms with Gasteiger partial charge in [0.05, 0.1) is 0 Å². The molecule has 1 rings (SSSR count). The third-order valence-corrected chi connectivity index (χ3v) is 1.89. The molecule has 0 aliphatic heterocycles. The van der Waals surface area contributed by atoms with Gasteiger partial charge in [-0.1, -0.05) is 0 Å². The molecule has 68 valence electrons. The molecule has 0 unspecified atom stereocenters. The van der Waals surface area contributed by atoms with E-state index in [1.807, 2.05) is 24.6 Å². The zero-order valence-electron chi connectivity index (χ0n) is 7.74. The van der Waals surface area contributed by atoms with Crippen LogP contribution in [0.3, 0.4) is 0 Å². The Hall–Kier alpha value is -0.870. The van der Waals surface area contributed by atoms with E-state index >= 15 is 0 Å². The highest BCUT2D eigenvalue weighted by atomic mass is 16.6. The van der Waals surface area contributed by atoms with Gasteiger partial charge in [-0.15, -0.1) is 0 Å². The van der Waals surface area contributed by atoms with E-state index in [9.17, 15) is 0 Å². The molecule has 0 saturated carbocycles. The first kappa shape index (κ1) is 9.22. The largest absolute Gasteiger partial charge is 0.333 e. The molecule has 4 nitrogen and oxygen atoms in total. The minimum absolute atomic E-state index is 0.514. The smallest absolute Gasteiger partial charge is 0.142 e. The van der Waals surface area contributed by atoms with Crippen molar-refractivity contribution in [3.63, 3.8) is 0 Å². The van der Waals surface area contributed by atoms with E-state index in [2.05, 4.69) is 11.9 Å². The highest BCUT2D eigenvalue weighted by Gasteiger charge is 2.25. The summed E-state index contributed by atoms with van der Waals surface area (Å²) in [5.41, 5.74) is -0.514. The van der Waals surface area contributed by atoms with Crippen LogP contribution < -0.4 is 5.90 Å². The molecule has 0 fully saturated rings. The van der Waals surface area contributed by atoms with Gasteiger partial charge < -0.3 is 4.57 Å². The number of aromatic nitrogens is 2. The van der Waals surface area contributed by atoms with Crippen molar-refractivity contribution < 1.29 is 4.84 Å². The maximum absolute atomic E-state index is 5.17. The summed E-state index contributed by atoms with van der Waals surface area (Å²) < 4.78 is 2.01. The molecular formula is C8H15N3O. The van der Waals surface area contributed by atoms with Crippen LogP contribution in [-0.2, 0) is 17.0 Å². The summed E-state index contributed by atoms with van der Waals surface area (Å²) in [4.78, 5) is 9.03. The Bertz CT molecular complexity index is 255. The molecular weight excluding hydrogens is 154 g/mol. The molecule has 0 aliphatic rings. The number of hydrogen-bond donors (Lipinski definition) is 1. The van der Waals surface area contributed by atoms with Crippen molar-refractivity contribution in [1.82, 2.24) is 9.55 Å². The average molecular weight is 169 g/mol. The van der Waals surface area contributed by atoms with E-state index in [1.54, 1.807) is 6.20 Å². The van der Waals surface area contributed by atoms with Gasteiger partial charge in [-0.2, -0.15) is 0 Å². The van der Waals surface area contributed by atoms with Crippen LogP contribution in [0.25, 0.3) is 0 Å². The lowest BCUT2D eigenvalue weighted by Crippen LogP contribution is -2.29. The van der Waals surface area contributed by atoms with Crippen LogP contribution >= 0.6 is 0 Å². The van der Waals surface area contributed by atoms with Crippen LogP contribution in [0, 0.1) is 0 Å². The van der Waals surface area contributed by atoms with Gasteiger partial charge in [-0.25, -0.2) is 10.9 Å². The number of imidazole rings is 1. The van der Waals surface area contributed by atoms with Crippen LogP contribution in [0.2, 0.25) is 0 Å². The lowest BCUT2D eigenvalue weighted by molar-refractivity contribution is -0.0325. The number of aryl methyl sites for hydroxylation is 1. The Labute approximate surface area is 72.3 Å². The zero-order chi connectivity index (χ0) is 9.19. The van der Waals surface area contributed by atoms with Crippen LogP contribution in [0.5, 0.6) is 0 Å². The SMILES string of the molecule is CCn1ccnc1C(C)(C)ON. The van der Waals surface area contributed by atoms with E-state index in [1.165, 1.54) is 0 Å². The van der Waals surface area contributed by atoms with Gasteiger partial charge in [0.15, 0.2) is 0 Å². The van der Waals surface area contributed by atoms with Crippen LogP contribution in [-0.4, -0.2) is 9.55 Å². The Balaban J connectivity index is 3.00. The number of nitrogens with two attached hydrogens (primary N) is 1. The summed E-state index contributed by atoms with van der Waals surface area (Å²) in [6, 6.07) is 0. The molecule has 1 aromatic rings. The minimum Gasteiger partial charge on any atom is -0.333 e. The molecule has 0 atom stereocenters. The van der Waals surface area contributed by atoms with Crippen molar-refractivity contribution >= 4 is 0 Å². The van der Waals surface area contributed by atoms with Gasteiger partial charge in [0.2, 0.25) is 0 Å². The molecule has 12 heavy (non-hydrogen) atoms. The van der Waals surface area contributed by atoms with E-state index in [0.717, 1.165) is 12.4 Å². The summed E-state index contributed by atoms with van der Waals surface area (Å²) in [6.45, 7) is 6.71. The lowest BCUT2D eigenvalue weighted by atomic mass is 10.1. The van der Waals surface area contributed by atoms with Gasteiger partial charge in [0, 0.05) is 18.9 Å². The summed E-state index contributed by atoms with van der Waals surface area (Å²) in [5.74, 6) is 6.02. The van der Waals surface area contributed by atoms with Crippen LogP contribution in [0.1, 0.15) is 26.6 Å². The summed E-state index contributed by atoms with van der Waals surface area (Å²) in [7, 11) is 0. The second-order valence-electron chi connectivity index (χ2n) is 3.17. The third kappa shape index (κ3) is 1.49. The van der Waals surface area contributed by atoms with E-state index in [0.29, 0.717) is 0 Å². The monoisotopic (exact) mass is 169 g/mol. The molecule has 4 heteroatoms. The lowest BCUT2D eigenvalue weighted by Gasteiger charge is -2.21. The number of hydrogen-bond acceptors (Lipinski definition) is 3. The van der Waals surface area contributed by atoms with E-state index in [-0.39, 0.29) is 0 Å². The van der Waals surface area contributed by atoms with Crippen molar-refractivity contribution in [1.29, 1.82) is 0 Å². The third-order valence-electron chi connectivity index (χ3n) is 1.89. The average Bonchev–Trinajstić information content (AvgIpc) is 2.52. The van der Waals surface area contributed by atoms with Crippen LogP contribution in [0.4, 0.5) is 0 Å². The van der Waals surface area contributed by atoms with Gasteiger partial charge in [0.25, 0.3) is 0 Å². The molecule has 1 aromatic heterocycles. The number of rotatable bonds is 3. The van der Waals surface area contributed by atoms with Gasteiger partial charge in [-0.05, 0) is 20.8 Å². The summed E-state index contributed by atoms with van der Waals surface area (Å²) >= 11 is 0. The van der Waals surface area contributed by atoms with Gasteiger partial charge >= 0.3 is 0 Å². The Morgan fingerprint density at radius 1 is 1.67 bits per heavy atom. The molecule has 0 aliphatic carbocycles. The van der Waals surface area contributed by atoms with Crippen LogP contribution in [0.15, 0.2) is 12.4 Å². The second kappa shape index (κ2) is 3.25. The normalized spacial score (nSPS) is 12.0. The predicted molar refractivity (Wildman–Crippen MR) is 46.2 cm³/mol. The van der Waals surface area contributed by atoms with Gasteiger partial charge in [0.1, 0.15) is 11.4 Å². The van der Waals surface area contributed by atoms with E-state index in [4.69, 9.17) is 10.7 Å². The fourth-order valence-corrected chi connectivity index (χ4v) is 1.14. The summed E-state index contributed by atoms with van der Waals surface area (Å²) in [5, 5.41) is 0. The predicted octanol–water partition coefficient (Wildman–Crippen LogP) is 1.03. The van der Waals surface area contributed by atoms with Crippen molar-refractivity contribution in [2.24, 2.45) is 5.90 Å². The summed E-state index contributed by atoms with van der Waals surface area (Å²) in [6.07, 6.45) is 3.66. The highest BCUT2D eigenvalue weighted by molar-refractivity contribution is 5.01. The van der Waals surface area contributed by atoms with E-state index < -0.39 is 5.60 Å². The quantitative estimate of drug-likeness (QED) is 0.687. The Kier molecular flexibility index (Phi) is 2.49. The fraction of sp³-hybridized carbons (Fsp3) is 0.625. The first-order valence-electron chi connectivity index (χ1n) is 4.01. The number of nitrogens with zero attached hydrogens (tertiary/aromatic N) is 2. The minimum atomic E-state index is -0.514. The molecule has 0 amide bonds. The van der Waals surface area contributed by atoms with Crippen molar-refractivity contribution in [2.45, 2.75) is 32.9 Å². The first-order valence-corrected chi connectivity index (χ1v) is 4.01. The van der Waals surface area contributed by atoms with Crippen molar-refractivity contribution in [3.05, 3.63) is 18.2 Å². The fourth-order valence-electron chi connectivity index (χ4n) is 1.14. The maximum atomic E-state index is 5.17. The molecule has 2 N–H and O–H groups in total. The van der Waals surface area contributed by atoms with Gasteiger partial charge in [-0.3, -0.25) is 4.84 Å². The zero-order valence-corrected chi connectivity index (χ0v) is 7.74. The Morgan fingerprint density at radius 3 is 2.83 bits per heavy atom.